The van der Waals surface area contributed by atoms with Crippen molar-refractivity contribution in [2.45, 2.75) is 38.2 Å². The molecule has 0 spiro atoms. The highest BCUT2D eigenvalue weighted by atomic mass is 31.2. The topological polar surface area (TPSA) is 65.0 Å². The Morgan fingerprint density at radius 1 is 1.62 bits per heavy atom. The second kappa shape index (κ2) is 5.65. The lowest BCUT2D eigenvalue weighted by Gasteiger charge is -2.20. The third-order valence-corrected chi connectivity index (χ3v) is 3.83. The largest absolute Gasteiger partial charge is 0.388 e. The summed E-state index contributed by atoms with van der Waals surface area (Å²) in [6.45, 7) is 5.53. The molecule has 0 amide bonds. The minimum atomic E-state index is -2.74. The van der Waals surface area contributed by atoms with Gasteiger partial charge in [0.15, 0.2) is 0 Å². The molecule has 1 unspecified atom stereocenters. The summed E-state index contributed by atoms with van der Waals surface area (Å²) in [6.07, 6.45) is -1.13. The van der Waals surface area contributed by atoms with Crippen LogP contribution in [-0.2, 0) is 18.6 Å². The van der Waals surface area contributed by atoms with Crippen LogP contribution in [0.2, 0.25) is 0 Å². The van der Waals surface area contributed by atoms with Gasteiger partial charge in [0.1, 0.15) is 26.4 Å². The second-order valence-corrected chi connectivity index (χ2v) is 7.03. The molecule has 0 bridgehead atoms. The van der Waals surface area contributed by atoms with Gasteiger partial charge < -0.3 is 19.1 Å². The van der Waals surface area contributed by atoms with Crippen LogP contribution in [0.1, 0.15) is 13.8 Å². The van der Waals surface area contributed by atoms with Gasteiger partial charge in [-0.25, -0.2) is 0 Å². The molecule has 7 heteroatoms. The fourth-order valence-electron chi connectivity index (χ4n) is 1.60. The Hall–Kier alpha value is 0.135. The molecule has 1 N–H and O–H groups in total. The SMILES string of the molecule is B[C@@H]1OC[C@H](OCP(C)(=O)OC(C)C)[C@H]1O. The van der Waals surface area contributed by atoms with Crippen molar-refractivity contribution in [1.82, 2.24) is 0 Å². The molecule has 1 aliphatic rings. The van der Waals surface area contributed by atoms with Crippen LogP contribution in [0.25, 0.3) is 0 Å². The Kier molecular flexibility index (Phi) is 5.01. The van der Waals surface area contributed by atoms with E-state index in [0.29, 0.717) is 6.61 Å². The number of aliphatic hydroxyl groups excluding tert-OH is 1. The van der Waals surface area contributed by atoms with E-state index in [1.807, 2.05) is 13.8 Å². The summed E-state index contributed by atoms with van der Waals surface area (Å²) in [6, 6.07) is -0.229. The van der Waals surface area contributed by atoms with Gasteiger partial charge in [0.25, 0.3) is 0 Å². The van der Waals surface area contributed by atoms with Crippen LogP contribution >= 0.6 is 7.37 Å². The van der Waals surface area contributed by atoms with Crippen LogP contribution in [0.3, 0.4) is 0 Å². The molecule has 1 aliphatic heterocycles. The summed E-state index contributed by atoms with van der Waals surface area (Å²) in [4.78, 5) is 0. The standard InChI is InChI=1S/C9H20BO5P/c1-6(2)15-16(3,12)5-14-7-4-13-9(10)8(7)11/h6-9,11H,4-5,10H2,1-3H3/t7-,8+,9+,16?/m0/s1. The zero-order valence-electron chi connectivity index (χ0n) is 10.3. The summed E-state index contributed by atoms with van der Waals surface area (Å²) in [7, 11) is -0.954. The van der Waals surface area contributed by atoms with E-state index in [1.165, 1.54) is 0 Å². The fourth-order valence-corrected chi connectivity index (χ4v) is 3.02. The van der Waals surface area contributed by atoms with E-state index in [-0.39, 0.29) is 18.5 Å². The lowest BCUT2D eigenvalue weighted by molar-refractivity contribution is 0.00444. The molecule has 0 aromatic rings. The molecule has 0 aromatic carbocycles. The Bertz CT molecular complexity index is 273. The highest BCUT2D eigenvalue weighted by Crippen LogP contribution is 2.44. The van der Waals surface area contributed by atoms with E-state index in [2.05, 4.69) is 0 Å². The first-order chi connectivity index (χ1) is 7.32. The molecular formula is C9H20BO5P. The van der Waals surface area contributed by atoms with E-state index >= 15 is 0 Å². The first-order valence-electron chi connectivity index (χ1n) is 5.48. The van der Waals surface area contributed by atoms with Gasteiger partial charge in [0.2, 0.25) is 7.37 Å². The molecule has 16 heavy (non-hydrogen) atoms. The molecule has 5 nitrogen and oxygen atoms in total. The Morgan fingerprint density at radius 3 is 2.69 bits per heavy atom. The van der Waals surface area contributed by atoms with E-state index in [0.717, 1.165) is 0 Å². The minimum absolute atomic E-state index is 0.0169. The van der Waals surface area contributed by atoms with E-state index < -0.39 is 19.6 Å². The van der Waals surface area contributed by atoms with Crippen LogP contribution in [-0.4, -0.2) is 56.9 Å². The zero-order chi connectivity index (χ0) is 12.3. The molecule has 1 fully saturated rings. The number of rotatable bonds is 5. The summed E-state index contributed by atoms with van der Waals surface area (Å²) in [5.41, 5.74) is 0. The number of hydrogen-bond donors (Lipinski definition) is 1. The Labute approximate surface area is 97.3 Å². The van der Waals surface area contributed by atoms with Gasteiger partial charge >= 0.3 is 0 Å². The predicted octanol–water partition coefficient (Wildman–Crippen LogP) is 0.0123. The highest BCUT2D eigenvalue weighted by Gasteiger charge is 2.34. The predicted molar refractivity (Wildman–Crippen MR) is 63.8 cm³/mol. The minimum Gasteiger partial charge on any atom is -0.388 e. The summed E-state index contributed by atoms with van der Waals surface area (Å²) in [5.74, 6) is 0. The second-order valence-electron chi connectivity index (χ2n) is 4.53. The van der Waals surface area contributed by atoms with Gasteiger partial charge in [-0.05, 0) is 13.8 Å². The molecule has 0 aliphatic carbocycles. The van der Waals surface area contributed by atoms with Gasteiger partial charge in [-0.2, -0.15) is 0 Å². The van der Waals surface area contributed by atoms with Gasteiger partial charge in [-0.15, -0.1) is 0 Å². The molecule has 1 rings (SSSR count). The van der Waals surface area contributed by atoms with Crippen molar-refractivity contribution >= 4 is 15.2 Å². The molecule has 4 atom stereocenters. The van der Waals surface area contributed by atoms with Crippen LogP contribution in [0.15, 0.2) is 0 Å². The average Bonchev–Trinajstić information content (AvgIpc) is 2.43. The summed E-state index contributed by atoms with van der Waals surface area (Å²) >= 11 is 0. The van der Waals surface area contributed by atoms with Gasteiger partial charge in [0.05, 0.1) is 18.7 Å². The molecule has 1 heterocycles. The van der Waals surface area contributed by atoms with Crippen molar-refractivity contribution in [1.29, 1.82) is 0 Å². The number of aliphatic hydroxyl groups is 1. The molecule has 0 radical (unpaired) electrons. The van der Waals surface area contributed by atoms with Gasteiger partial charge in [0, 0.05) is 6.66 Å². The van der Waals surface area contributed by atoms with Crippen molar-refractivity contribution in [3.63, 3.8) is 0 Å². The fraction of sp³-hybridized carbons (Fsp3) is 1.00. The van der Waals surface area contributed by atoms with Gasteiger partial charge in [-0.3, -0.25) is 4.57 Å². The maximum absolute atomic E-state index is 11.9. The van der Waals surface area contributed by atoms with Crippen molar-refractivity contribution in [3.05, 3.63) is 0 Å². The highest BCUT2D eigenvalue weighted by molar-refractivity contribution is 7.57. The average molecular weight is 250 g/mol. The lowest BCUT2D eigenvalue weighted by Crippen LogP contribution is -2.32. The number of hydrogen-bond acceptors (Lipinski definition) is 5. The van der Waals surface area contributed by atoms with E-state index in [1.54, 1.807) is 14.5 Å². The van der Waals surface area contributed by atoms with Crippen LogP contribution < -0.4 is 0 Å². The Balaban J connectivity index is 2.37. The summed E-state index contributed by atoms with van der Waals surface area (Å²) < 4.78 is 27.8. The summed E-state index contributed by atoms with van der Waals surface area (Å²) in [5, 5.41) is 9.66. The Morgan fingerprint density at radius 2 is 2.25 bits per heavy atom. The van der Waals surface area contributed by atoms with Crippen molar-refractivity contribution in [2.24, 2.45) is 0 Å². The number of ether oxygens (including phenoxy) is 2. The molecule has 1 saturated heterocycles. The monoisotopic (exact) mass is 250 g/mol. The third kappa shape index (κ3) is 4.19. The molecule has 94 valence electrons. The third-order valence-electron chi connectivity index (χ3n) is 2.34. The van der Waals surface area contributed by atoms with Crippen molar-refractivity contribution in [2.75, 3.05) is 19.6 Å². The van der Waals surface area contributed by atoms with Crippen LogP contribution in [0.4, 0.5) is 0 Å². The van der Waals surface area contributed by atoms with Crippen molar-refractivity contribution in [3.8, 4) is 0 Å². The maximum atomic E-state index is 11.9. The van der Waals surface area contributed by atoms with Crippen LogP contribution in [0.5, 0.6) is 0 Å². The molecule has 0 aromatic heterocycles. The van der Waals surface area contributed by atoms with Crippen molar-refractivity contribution < 1.29 is 23.7 Å². The van der Waals surface area contributed by atoms with E-state index in [9.17, 15) is 9.67 Å². The lowest BCUT2D eigenvalue weighted by atomic mass is 9.94. The molecule has 0 saturated carbocycles. The normalized spacial score (nSPS) is 34.2. The van der Waals surface area contributed by atoms with Gasteiger partial charge in [-0.1, -0.05) is 0 Å². The zero-order valence-corrected chi connectivity index (χ0v) is 11.1. The van der Waals surface area contributed by atoms with Crippen LogP contribution in [0, 0.1) is 0 Å². The quantitative estimate of drug-likeness (QED) is 0.550. The molecular weight excluding hydrogens is 230 g/mol. The first kappa shape index (κ1) is 14.2. The smallest absolute Gasteiger partial charge is 0.225 e. The maximum Gasteiger partial charge on any atom is 0.225 e. The van der Waals surface area contributed by atoms with E-state index in [4.69, 9.17) is 14.0 Å². The first-order valence-corrected chi connectivity index (χ1v) is 7.74.